The van der Waals surface area contributed by atoms with Gasteiger partial charge in [0.15, 0.2) is 0 Å². The lowest BCUT2D eigenvalue weighted by molar-refractivity contribution is 0.220. The molecule has 7 heteroatoms. The zero-order chi connectivity index (χ0) is 19.3. The number of amides is 2. The minimum atomic E-state index is -0.717. The molecule has 1 aliphatic heterocycles. The van der Waals surface area contributed by atoms with Crippen molar-refractivity contribution in [1.29, 1.82) is 0 Å². The summed E-state index contributed by atoms with van der Waals surface area (Å²) < 4.78 is 1.05. The molecule has 5 nitrogen and oxygen atoms in total. The molecule has 2 N–H and O–H groups in total. The molecule has 1 saturated heterocycles. The van der Waals surface area contributed by atoms with Gasteiger partial charge in [-0.05, 0) is 29.7 Å². The van der Waals surface area contributed by atoms with E-state index in [1.54, 1.807) is 23.1 Å². The molecule has 1 unspecified atom stereocenters. The van der Waals surface area contributed by atoms with Crippen molar-refractivity contribution in [2.75, 3.05) is 17.2 Å². The number of thiazole rings is 1. The van der Waals surface area contributed by atoms with Crippen LogP contribution in [0.1, 0.15) is 23.7 Å². The van der Waals surface area contributed by atoms with Gasteiger partial charge >= 0.3 is 6.03 Å². The lowest BCUT2D eigenvalue weighted by Crippen LogP contribution is -2.34. The highest BCUT2D eigenvalue weighted by atomic mass is 32.2. The fraction of sp³-hybridized carbons (Fsp3) is 0.238. The number of aliphatic hydroxyl groups excluding tert-OH is 1. The summed E-state index contributed by atoms with van der Waals surface area (Å²) in [5, 5.41) is 15.6. The Morgan fingerprint density at radius 2 is 2.04 bits per heavy atom. The first-order chi connectivity index (χ1) is 13.7. The second-order valence-electron chi connectivity index (χ2n) is 6.55. The summed E-state index contributed by atoms with van der Waals surface area (Å²) in [6.45, 7) is 0.628. The fourth-order valence-corrected chi connectivity index (χ4v) is 5.09. The van der Waals surface area contributed by atoms with Gasteiger partial charge in [0.05, 0.1) is 6.04 Å². The van der Waals surface area contributed by atoms with Gasteiger partial charge in [0.25, 0.3) is 0 Å². The molecular formula is C21H21N3O2S2. The van der Waals surface area contributed by atoms with Crippen molar-refractivity contribution >= 4 is 34.8 Å². The second-order valence-corrected chi connectivity index (χ2v) is 8.79. The molecule has 1 aliphatic rings. The lowest BCUT2D eigenvalue weighted by atomic mass is 10.0. The number of benzene rings is 2. The summed E-state index contributed by atoms with van der Waals surface area (Å²) in [7, 11) is 0. The molecule has 28 heavy (non-hydrogen) atoms. The molecule has 0 spiro atoms. The quantitative estimate of drug-likeness (QED) is 0.569. The van der Waals surface area contributed by atoms with Crippen LogP contribution < -0.4 is 10.2 Å². The molecule has 2 aromatic carbocycles. The van der Waals surface area contributed by atoms with E-state index in [4.69, 9.17) is 0 Å². The van der Waals surface area contributed by atoms with Crippen LogP contribution in [0.15, 0.2) is 70.5 Å². The van der Waals surface area contributed by atoms with E-state index in [0.29, 0.717) is 6.54 Å². The van der Waals surface area contributed by atoms with Gasteiger partial charge in [-0.15, -0.1) is 11.3 Å². The van der Waals surface area contributed by atoms with Crippen LogP contribution in [0.25, 0.3) is 0 Å². The number of carbonyl (C=O) groups excluding carboxylic acids is 1. The summed E-state index contributed by atoms with van der Waals surface area (Å²) in [6.07, 6.45) is 1.96. The van der Waals surface area contributed by atoms with Gasteiger partial charge in [-0.25, -0.2) is 9.78 Å². The Labute approximate surface area is 172 Å². The van der Waals surface area contributed by atoms with Crippen LogP contribution in [-0.4, -0.2) is 34.5 Å². The van der Waals surface area contributed by atoms with Crippen molar-refractivity contribution in [2.45, 2.75) is 22.9 Å². The number of aliphatic hydroxyl groups is 1. The van der Waals surface area contributed by atoms with Crippen molar-refractivity contribution in [1.82, 2.24) is 10.3 Å². The number of thioether (sulfide) groups is 1. The SMILES string of the molecule is O=C1NC[C@H](CCSc2nccs2)N1c1cccc(C(O)c2ccccc2)c1. The second kappa shape index (κ2) is 8.77. The predicted molar refractivity (Wildman–Crippen MR) is 114 cm³/mol. The molecule has 1 aromatic heterocycles. The average molecular weight is 412 g/mol. The van der Waals surface area contributed by atoms with E-state index in [2.05, 4.69) is 10.3 Å². The third-order valence-electron chi connectivity index (χ3n) is 4.74. The highest BCUT2D eigenvalue weighted by molar-refractivity contribution is 8.00. The molecule has 2 amide bonds. The maximum absolute atomic E-state index is 12.5. The van der Waals surface area contributed by atoms with E-state index in [9.17, 15) is 9.90 Å². The number of carbonyl (C=O) groups is 1. The molecular weight excluding hydrogens is 390 g/mol. The number of nitrogens with one attached hydrogen (secondary N) is 1. The summed E-state index contributed by atoms with van der Waals surface area (Å²) in [6, 6.07) is 17.2. The number of urea groups is 1. The van der Waals surface area contributed by atoms with Crippen molar-refractivity contribution in [3.63, 3.8) is 0 Å². The molecule has 0 bridgehead atoms. The van der Waals surface area contributed by atoms with Crippen molar-refractivity contribution < 1.29 is 9.90 Å². The Morgan fingerprint density at radius 3 is 2.82 bits per heavy atom. The predicted octanol–water partition coefficient (Wildman–Crippen LogP) is 4.31. The van der Waals surface area contributed by atoms with Gasteiger partial charge in [-0.1, -0.05) is 54.2 Å². The molecule has 0 radical (unpaired) electrons. The highest BCUT2D eigenvalue weighted by Gasteiger charge is 2.32. The molecule has 3 aromatic rings. The average Bonchev–Trinajstić information content (AvgIpc) is 3.38. The summed E-state index contributed by atoms with van der Waals surface area (Å²) in [5.41, 5.74) is 2.42. The Balaban J connectivity index is 1.49. The van der Waals surface area contributed by atoms with Crippen LogP contribution >= 0.6 is 23.1 Å². The maximum Gasteiger partial charge on any atom is 0.322 e. The topological polar surface area (TPSA) is 65.5 Å². The third-order valence-corrected chi connectivity index (χ3v) is 6.74. The largest absolute Gasteiger partial charge is 0.384 e. The number of nitrogens with zero attached hydrogens (tertiary/aromatic N) is 2. The van der Waals surface area contributed by atoms with Gasteiger partial charge in [0.2, 0.25) is 0 Å². The highest BCUT2D eigenvalue weighted by Crippen LogP contribution is 2.29. The third kappa shape index (κ3) is 4.22. The molecule has 0 aliphatic carbocycles. The summed E-state index contributed by atoms with van der Waals surface area (Å²) in [5.74, 6) is 0.899. The minimum absolute atomic E-state index is 0.0871. The zero-order valence-corrected chi connectivity index (χ0v) is 16.8. The van der Waals surface area contributed by atoms with Crippen molar-refractivity contribution in [3.8, 4) is 0 Å². The summed E-state index contributed by atoms with van der Waals surface area (Å²) >= 11 is 3.35. The summed E-state index contributed by atoms with van der Waals surface area (Å²) in [4.78, 5) is 18.6. The molecule has 144 valence electrons. The number of hydrogen-bond acceptors (Lipinski definition) is 5. The smallest absolute Gasteiger partial charge is 0.322 e. The molecule has 2 heterocycles. The van der Waals surface area contributed by atoms with Gasteiger partial charge < -0.3 is 10.4 Å². The molecule has 2 atom stereocenters. The van der Waals surface area contributed by atoms with Crippen molar-refractivity contribution in [2.24, 2.45) is 0 Å². The molecule has 0 saturated carbocycles. The van der Waals surface area contributed by atoms with E-state index in [1.165, 1.54) is 0 Å². The van der Waals surface area contributed by atoms with E-state index < -0.39 is 6.10 Å². The van der Waals surface area contributed by atoms with Gasteiger partial charge in [0.1, 0.15) is 10.4 Å². The van der Waals surface area contributed by atoms with Gasteiger partial charge in [-0.3, -0.25) is 4.90 Å². The van der Waals surface area contributed by atoms with E-state index >= 15 is 0 Å². The monoisotopic (exact) mass is 411 g/mol. The molecule has 4 rings (SSSR count). The first kappa shape index (κ1) is 19.0. The Morgan fingerprint density at radius 1 is 1.21 bits per heavy atom. The normalized spacial score (nSPS) is 17.5. The number of hydrogen-bond donors (Lipinski definition) is 2. The number of aromatic nitrogens is 1. The van der Waals surface area contributed by atoms with Crippen LogP contribution in [-0.2, 0) is 0 Å². The number of rotatable bonds is 7. The fourth-order valence-electron chi connectivity index (χ4n) is 3.34. The zero-order valence-electron chi connectivity index (χ0n) is 15.2. The van der Waals surface area contributed by atoms with Gasteiger partial charge in [0, 0.05) is 29.6 Å². The van der Waals surface area contributed by atoms with E-state index in [1.807, 2.05) is 71.1 Å². The maximum atomic E-state index is 12.5. The molecule has 1 fully saturated rings. The van der Waals surface area contributed by atoms with Crippen LogP contribution in [0.3, 0.4) is 0 Å². The Kier molecular flexibility index (Phi) is 5.95. The first-order valence-corrected chi connectivity index (χ1v) is 11.0. The Hall–Kier alpha value is -2.35. The standard InChI is InChI=1S/C21H21N3O2S2/c25-19(15-5-2-1-3-6-15)16-7-4-8-17(13-16)24-18(14-23-20(24)26)9-11-27-21-22-10-12-28-21/h1-8,10,12-13,18-19,25H,9,11,14H2,(H,23,26)/t18-,19?/m0/s1. The van der Waals surface area contributed by atoms with Crippen LogP contribution in [0.5, 0.6) is 0 Å². The van der Waals surface area contributed by atoms with Crippen LogP contribution in [0.2, 0.25) is 0 Å². The number of anilines is 1. The van der Waals surface area contributed by atoms with Crippen molar-refractivity contribution in [3.05, 3.63) is 77.3 Å². The van der Waals surface area contributed by atoms with Crippen LogP contribution in [0.4, 0.5) is 10.5 Å². The minimum Gasteiger partial charge on any atom is -0.384 e. The van der Waals surface area contributed by atoms with E-state index in [-0.39, 0.29) is 12.1 Å². The lowest BCUT2D eigenvalue weighted by Gasteiger charge is -2.24. The van der Waals surface area contributed by atoms with E-state index in [0.717, 1.165) is 33.3 Å². The first-order valence-electron chi connectivity index (χ1n) is 9.14. The Bertz CT molecular complexity index is 918. The van der Waals surface area contributed by atoms with Crippen LogP contribution in [0, 0.1) is 0 Å². The van der Waals surface area contributed by atoms with Gasteiger partial charge in [-0.2, -0.15) is 0 Å².